The van der Waals surface area contributed by atoms with E-state index in [1.807, 2.05) is 6.92 Å². The molecule has 2 aliphatic heterocycles. The van der Waals surface area contributed by atoms with Gasteiger partial charge in [-0.15, -0.1) is 0 Å². The number of nitrogens with one attached hydrogen (secondary N) is 1. The molecule has 0 radical (unpaired) electrons. The number of aryl methyl sites for hydroxylation is 1. The van der Waals surface area contributed by atoms with Gasteiger partial charge in [0, 0.05) is 24.7 Å². The zero-order valence-corrected chi connectivity index (χ0v) is 17.4. The lowest BCUT2D eigenvalue weighted by Gasteiger charge is -2.32. The Morgan fingerprint density at radius 2 is 2.06 bits per heavy atom. The van der Waals surface area contributed by atoms with Gasteiger partial charge in [-0.05, 0) is 38.7 Å². The van der Waals surface area contributed by atoms with Gasteiger partial charge >= 0.3 is 6.18 Å². The zero-order valence-electron chi connectivity index (χ0n) is 17.4. The summed E-state index contributed by atoms with van der Waals surface area (Å²) in [5.41, 5.74) is 0.667. The molecule has 31 heavy (non-hydrogen) atoms. The molecule has 1 amide bonds. The normalized spacial score (nSPS) is 23.5. The fourth-order valence-corrected chi connectivity index (χ4v) is 4.36. The molecule has 2 aliphatic rings. The topological polar surface area (TPSA) is 85.1 Å². The second-order valence-electron chi connectivity index (χ2n) is 8.16. The summed E-state index contributed by atoms with van der Waals surface area (Å²) < 4.78 is 43.0. The Morgan fingerprint density at radius 3 is 2.77 bits per heavy atom. The van der Waals surface area contributed by atoms with Crippen molar-refractivity contribution in [3.05, 3.63) is 39.9 Å². The number of alkyl halides is 3. The monoisotopic (exact) mass is 438 g/mol. The lowest BCUT2D eigenvalue weighted by molar-refractivity contribution is -0.173. The number of carbonyl (C=O) groups excluding carboxylic acids is 1. The van der Waals surface area contributed by atoms with Gasteiger partial charge in [0.25, 0.3) is 5.56 Å². The van der Waals surface area contributed by atoms with E-state index in [1.54, 1.807) is 24.0 Å². The highest BCUT2D eigenvalue weighted by Gasteiger charge is 2.46. The van der Waals surface area contributed by atoms with Gasteiger partial charge in [0.2, 0.25) is 5.91 Å². The molecule has 2 aromatic heterocycles. The van der Waals surface area contributed by atoms with Crippen molar-refractivity contribution in [2.75, 3.05) is 11.9 Å². The molecule has 2 aromatic rings. The molecule has 8 nitrogen and oxygen atoms in total. The second kappa shape index (κ2) is 8.01. The highest BCUT2D eigenvalue weighted by atomic mass is 19.4. The van der Waals surface area contributed by atoms with Gasteiger partial charge in [-0.1, -0.05) is 6.92 Å². The summed E-state index contributed by atoms with van der Waals surface area (Å²) in [6.45, 7) is 3.81. The van der Waals surface area contributed by atoms with E-state index >= 15 is 0 Å². The number of likely N-dealkylation sites (tertiary alicyclic amines) is 1. The maximum atomic E-state index is 13.6. The van der Waals surface area contributed by atoms with Gasteiger partial charge in [-0.2, -0.15) is 23.4 Å². The van der Waals surface area contributed by atoms with Gasteiger partial charge in [-0.25, -0.2) is 9.36 Å². The van der Waals surface area contributed by atoms with Gasteiger partial charge < -0.3 is 10.2 Å². The molecule has 0 aromatic carbocycles. The first-order valence-corrected chi connectivity index (χ1v) is 10.4. The highest BCUT2D eigenvalue weighted by Crippen LogP contribution is 2.42. The Kier molecular flexibility index (Phi) is 5.52. The molecule has 0 unspecified atom stereocenters. The number of anilines is 1. The largest absolute Gasteiger partial charge is 0.410 e. The molecular weight excluding hydrogens is 413 g/mol. The average Bonchev–Trinajstić information content (AvgIpc) is 3.35. The van der Waals surface area contributed by atoms with E-state index in [9.17, 15) is 22.8 Å². The third-order valence-electron chi connectivity index (χ3n) is 5.98. The molecule has 168 valence electrons. The lowest BCUT2D eigenvalue weighted by atomic mass is 10.0. The van der Waals surface area contributed by atoms with Crippen molar-refractivity contribution in [2.24, 2.45) is 0 Å². The van der Waals surface area contributed by atoms with E-state index in [4.69, 9.17) is 0 Å². The summed E-state index contributed by atoms with van der Waals surface area (Å²) >= 11 is 0. The number of nitrogens with zero attached hydrogens (tertiary/aromatic N) is 5. The van der Waals surface area contributed by atoms with E-state index < -0.39 is 18.3 Å². The van der Waals surface area contributed by atoms with Gasteiger partial charge in [0.1, 0.15) is 12.4 Å². The molecule has 11 heteroatoms. The van der Waals surface area contributed by atoms with E-state index in [-0.39, 0.29) is 30.5 Å². The summed E-state index contributed by atoms with van der Waals surface area (Å²) in [7, 11) is 0. The van der Waals surface area contributed by atoms with Gasteiger partial charge in [0.15, 0.2) is 6.04 Å². The molecule has 0 saturated carbocycles. The van der Waals surface area contributed by atoms with Crippen LogP contribution in [0.25, 0.3) is 0 Å². The maximum Gasteiger partial charge on any atom is 0.410 e. The van der Waals surface area contributed by atoms with Crippen molar-refractivity contribution < 1.29 is 18.0 Å². The third-order valence-corrected chi connectivity index (χ3v) is 5.98. The molecule has 4 rings (SSSR count). The van der Waals surface area contributed by atoms with Crippen LogP contribution in [0.15, 0.2) is 23.0 Å². The average molecular weight is 438 g/mol. The zero-order chi connectivity index (χ0) is 22.3. The Hall–Kier alpha value is -2.85. The molecule has 0 aliphatic carbocycles. The van der Waals surface area contributed by atoms with Crippen LogP contribution < -0.4 is 10.9 Å². The Labute approximate surface area is 177 Å². The second-order valence-corrected chi connectivity index (χ2v) is 8.16. The SMILES string of the molecule is CC[C@@H]1C[C@H](C(F)(F)F)n2nc([C@H]3CCCN3C(=O)Cn3nc(C)ccc3=O)cc2N1. The Balaban J connectivity index is 1.59. The fourth-order valence-electron chi connectivity index (χ4n) is 4.36. The van der Waals surface area contributed by atoms with Crippen LogP contribution in [-0.4, -0.2) is 49.1 Å². The molecule has 1 saturated heterocycles. The first kappa shape index (κ1) is 21.4. The van der Waals surface area contributed by atoms with E-state index in [1.165, 1.54) is 6.07 Å². The summed E-state index contributed by atoms with van der Waals surface area (Å²) in [6.07, 6.45) is -2.60. The number of amides is 1. The summed E-state index contributed by atoms with van der Waals surface area (Å²) in [6, 6.07) is 2.14. The number of fused-ring (bicyclic) bond motifs is 1. The van der Waals surface area contributed by atoms with E-state index in [2.05, 4.69) is 15.5 Å². The van der Waals surface area contributed by atoms with Crippen LogP contribution in [0.3, 0.4) is 0 Å². The molecule has 1 fully saturated rings. The molecule has 3 atom stereocenters. The summed E-state index contributed by atoms with van der Waals surface area (Å²) in [5.74, 6) is 0.0201. The number of rotatable bonds is 4. The van der Waals surface area contributed by atoms with E-state index in [0.29, 0.717) is 43.0 Å². The minimum Gasteiger partial charge on any atom is -0.367 e. The lowest BCUT2D eigenvalue weighted by Crippen LogP contribution is -2.39. The summed E-state index contributed by atoms with van der Waals surface area (Å²) in [4.78, 5) is 26.5. The van der Waals surface area contributed by atoms with Crippen LogP contribution >= 0.6 is 0 Å². The standard InChI is InChI=1S/C20H25F3N6O2/c1-3-13-9-16(20(21,22)23)29-17(24-13)10-14(26-29)15-5-4-8-27(15)19(31)11-28-18(30)7-6-12(2)25-28/h6-7,10,13,15-16,24H,3-5,8-9,11H2,1-2H3/t13-,15-,16-/m1/s1. The number of carbonyl (C=O) groups is 1. The third kappa shape index (κ3) is 4.17. The van der Waals surface area contributed by atoms with Crippen molar-refractivity contribution in [3.63, 3.8) is 0 Å². The van der Waals surface area contributed by atoms with Crippen LogP contribution in [0.2, 0.25) is 0 Å². The fraction of sp³-hybridized carbons (Fsp3) is 0.600. The number of aromatic nitrogens is 4. The molecule has 1 N–H and O–H groups in total. The number of hydrogen-bond acceptors (Lipinski definition) is 5. The summed E-state index contributed by atoms with van der Waals surface area (Å²) in [5, 5.41) is 11.5. The predicted octanol–water partition coefficient (Wildman–Crippen LogP) is 2.81. The quantitative estimate of drug-likeness (QED) is 0.794. The molecular formula is C20H25F3N6O2. The Bertz CT molecular complexity index is 1030. The highest BCUT2D eigenvalue weighted by molar-refractivity contribution is 5.76. The molecule has 4 heterocycles. The van der Waals surface area contributed by atoms with Crippen molar-refractivity contribution in [2.45, 2.75) is 70.4 Å². The minimum absolute atomic E-state index is 0.0800. The first-order chi connectivity index (χ1) is 14.7. The van der Waals surface area contributed by atoms with Crippen molar-refractivity contribution in [3.8, 4) is 0 Å². The predicted molar refractivity (Wildman–Crippen MR) is 107 cm³/mol. The molecule has 0 bridgehead atoms. The van der Waals surface area contributed by atoms with Crippen molar-refractivity contribution >= 4 is 11.7 Å². The van der Waals surface area contributed by atoms with Crippen LogP contribution in [0.4, 0.5) is 19.0 Å². The van der Waals surface area contributed by atoms with Crippen molar-refractivity contribution in [1.82, 2.24) is 24.5 Å². The van der Waals surface area contributed by atoms with Crippen molar-refractivity contribution in [1.29, 1.82) is 0 Å². The van der Waals surface area contributed by atoms with E-state index in [0.717, 1.165) is 9.36 Å². The molecule has 0 spiro atoms. The maximum absolute atomic E-state index is 13.6. The van der Waals surface area contributed by atoms with Crippen LogP contribution in [0.1, 0.15) is 56.1 Å². The number of hydrogen-bond donors (Lipinski definition) is 1. The van der Waals surface area contributed by atoms with Gasteiger partial charge in [0.05, 0.1) is 17.4 Å². The Morgan fingerprint density at radius 1 is 1.29 bits per heavy atom. The smallest absolute Gasteiger partial charge is 0.367 e. The first-order valence-electron chi connectivity index (χ1n) is 10.4. The van der Waals surface area contributed by atoms with Crippen LogP contribution in [-0.2, 0) is 11.3 Å². The number of halogens is 3. The van der Waals surface area contributed by atoms with Crippen LogP contribution in [0.5, 0.6) is 0 Å². The van der Waals surface area contributed by atoms with Gasteiger partial charge in [-0.3, -0.25) is 9.59 Å². The minimum atomic E-state index is -4.41. The van der Waals surface area contributed by atoms with Crippen LogP contribution in [0, 0.1) is 6.92 Å².